The molecule has 7 heteroatoms. The van der Waals surface area contributed by atoms with Gasteiger partial charge in [0.25, 0.3) is 0 Å². The van der Waals surface area contributed by atoms with Crippen molar-refractivity contribution in [2.45, 2.75) is 24.8 Å². The summed E-state index contributed by atoms with van der Waals surface area (Å²) in [7, 11) is -4.43. The molecule has 2 unspecified atom stereocenters. The minimum absolute atomic E-state index is 0.0659. The molecule has 0 aliphatic carbocycles. The zero-order valence-electron chi connectivity index (χ0n) is 11.3. The van der Waals surface area contributed by atoms with Crippen molar-refractivity contribution in [1.82, 2.24) is 4.72 Å². The molecule has 108 valence electrons. The maximum absolute atomic E-state index is 12.0. The third-order valence-electron chi connectivity index (χ3n) is 2.40. The normalized spacial score (nSPS) is 14.9. The number of hydrogen-bond donors (Lipinski definition) is 2. The van der Waals surface area contributed by atoms with Gasteiger partial charge in [0, 0.05) is 35.4 Å². The second kappa shape index (κ2) is 7.02. The van der Waals surface area contributed by atoms with Crippen LogP contribution < -0.4 is 10.0 Å². The molecular formula is C12H20N2O3S2. The van der Waals surface area contributed by atoms with E-state index >= 15 is 0 Å². The molecule has 0 amide bonds. The van der Waals surface area contributed by atoms with E-state index in [-0.39, 0.29) is 10.9 Å². The number of para-hydroxylation sites is 1. The van der Waals surface area contributed by atoms with Gasteiger partial charge in [-0.1, -0.05) is 19.1 Å². The van der Waals surface area contributed by atoms with Crippen molar-refractivity contribution in [3.63, 3.8) is 0 Å². The molecule has 2 atom stereocenters. The summed E-state index contributed by atoms with van der Waals surface area (Å²) < 4.78 is 37.7. The second-order valence-corrected chi connectivity index (χ2v) is 7.50. The topological polar surface area (TPSA) is 75.3 Å². The van der Waals surface area contributed by atoms with E-state index in [0.717, 1.165) is 0 Å². The molecule has 19 heavy (non-hydrogen) atoms. The van der Waals surface area contributed by atoms with Gasteiger partial charge in [-0.15, -0.1) is 0 Å². The summed E-state index contributed by atoms with van der Waals surface area (Å²) in [5.41, 5.74) is 0.529. The smallest absolute Gasteiger partial charge is 0.242 e. The third kappa shape index (κ3) is 4.93. The van der Waals surface area contributed by atoms with E-state index in [4.69, 9.17) is 0 Å². The summed E-state index contributed by atoms with van der Waals surface area (Å²) >= 11 is 0. The van der Waals surface area contributed by atoms with Crippen LogP contribution in [0, 0.1) is 0 Å². The monoisotopic (exact) mass is 304 g/mol. The van der Waals surface area contributed by atoms with Gasteiger partial charge in [-0.3, -0.25) is 4.21 Å². The molecule has 0 bridgehead atoms. The molecule has 0 saturated carbocycles. The van der Waals surface area contributed by atoms with Crippen molar-refractivity contribution in [2.24, 2.45) is 0 Å². The molecule has 1 aromatic carbocycles. The minimum Gasteiger partial charge on any atom is -0.381 e. The summed E-state index contributed by atoms with van der Waals surface area (Å²) in [6.45, 7) is 3.94. The Balaban J connectivity index is 3.00. The zero-order chi connectivity index (χ0) is 14.5. The van der Waals surface area contributed by atoms with Crippen LogP contribution in [0.3, 0.4) is 0 Å². The summed E-state index contributed by atoms with van der Waals surface area (Å²) in [6, 6.07) is 6.64. The highest BCUT2D eigenvalue weighted by Crippen LogP contribution is 2.21. The van der Waals surface area contributed by atoms with E-state index in [1.165, 1.54) is 0 Å². The molecule has 0 heterocycles. The van der Waals surface area contributed by atoms with Crippen LogP contribution in [0.25, 0.3) is 0 Å². The average molecular weight is 304 g/mol. The van der Waals surface area contributed by atoms with Crippen molar-refractivity contribution in [1.29, 1.82) is 0 Å². The van der Waals surface area contributed by atoms with Crippen LogP contribution in [-0.4, -0.2) is 37.2 Å². The van der Waals surface area contributed by atoms with E-state index in [1.807, 2.05) is 6.92 Å². The second-order valence-electron chi connectivity index (χ2n) is 4.28. The molecule has 0 saturated heterocycles. The van der Waals surface area contributed by atoms with Gasteiger partial charge < -0.3 is 5.32 Å². The first kappa shape index (κ1) is 16.1. The zero-order valence-corrected chi connectivity index (χ0v) is 13.0. The highest BCUT2D eigenvalue weighted by Gasteiger charge is 2.18. The lowest BCUT2D eigenvalue weighted by molar-refractivity contribution is 0.584. The summed E-state index contributed by atoms with van der Waals surface area (Å²) in [4.78, 5) is 0.214. The first-order valence-corrected chi connectivity index (χ1v) is 9.23. The Morgan fingerprint density at radius 3 is 2.53 bits per heavy atom. The van der Waals surface area contributed by atoms with Crippen LogP contribution in [-0.2, 0) is 20.8 Å². The largest absolute Gasteiger partial charge is 0.381 e. The summed E-state index contributed by atoms with van der Waals surface area (Å²) in [5, 5.41) is 3.09. The fourth-order valence-corrected chi connectivity index (χ4v) is 3.74. The quantitative estimate of drug-likeness (QED) is 0.793. The van der Waals surface area contributed by atoms with Gasteiger partial charge in [-0.2, -0.15) is 0 Å². The van der Waals surface area contributed by atoms with E-state index in [2.05, 4.69) is 10.0 Å². The molecule has 1 rings (SSSR count). The molecule has 0 fully saturated rings. The number of hydrogen-bond acceptors (Lipinski definition) is 4. The van der Waals surface area contributed by atoms with Gasteiger partial charge in [0.15, 0.2) is 0 Å². The molecule has 1 aromatic rings. The van der Waals surface area contributed by atoms with Gasteiger partial charge in [-0.25, -0.2) is 13.1 Å². The minimum atomic E-state index is -3.50. The molecule has 0 aliphatic heterocycles. The first-order valence-electron chi connectivity index (χ1n) is 6.02. The number of nitrogens with one attached hydrogen (secondary N) is 2. The Bertz CT molecular complexity index is 544. The predicted molar refractivity (Wildman–Crippen MR) is 79.3 cm³/mol. The van der Waals surface area contributed by atoms with Gasteiger partial charge in [0.05, 0.1) is 5.69 Å². The standard InChI is InChI=1S/C12H20N2O3S2/c1-4-13-19(16,17)12-8-6-5-7-11(12)14-10(2)9-18(3)15/h5-8,10,13-14H,4,9H2,1-3H3. The number of sulfonamides is 1. The fourth-order valence-electron chi connectivity index (χ4n) is 1.75. The van der Waals surface area contributed by atoms with Crippen molar-refractivity contribution in [2.75, 3.05) is 23.9 Å². The lowest BCUT2D eigenvalue weighted by atomic mass is 10.3. The van der Waals surface area contributed by atoms with Crippen LogP contribution in [0.4, 0.5) is 5.69 Å². The number of anilines is 1. The summed E-state index contributed by atoms with van der Waals surface area (Å²) in [6.07, 6.45) is 1.62. The highest BCUT2D eigenvalue weighted by molar-refractivity contribution is 7.89. The van der Waals surface area contributed by atoms with Gasteiger partial charge >= 0.3 is 0 Å². The van der Waals surface area contributed by atoms with E-state index in [9.17, 15) is 12.6 Å². The Morgan fingerprint density at radius 2 is 1.95 bits per heavy atom. The molecule has 0 aliphatic rings. The Morgan fingerprint density at radius 1 is 1.32 bits per heavy atom. The molecule has 0 aromatic heterocycles. The van der Waals surface area contributed by atoms with Gasteiger partial charge in [-0.05, 0) is 19.1 Å². The van der Waals surface area contributed by atoms with E-state index in [0.29, 0.717) is 18.0 Å². The van der Waals surface area contributed by atoms with Crippen molar-refractivity contribution in [3.05, 3.63) is 24.3 Å². The Labute approximate surface area is 117 Å². The van der Waals surface area contributed by atoms with Crippen LogP contribution in [0.5, 0.6) is 0 Å². The first-order chi connectivity index (χ1) is 8.86. The van der Waals surface area contributed by atoms with Crippen molar-refractivity contribution in [3.8, 4) is 0 Å². The number of rotatable bonds is 7. The van der Waals surface area contributed by atoms with Crippen LogP contribution >= 0.6 is 0 Å². The van der Waals surface area contributed by atoms with E-state index < -0.39 is 20.8 Å². The Hall–Kier alpha value is -0.920. The third-order valence-corrected chi connectivity index (χ3v) is 4.97. The summed E-state index contributed by atoms with van der Waals surface area (Å²) in [5.74, 6) is 0.468. The van der Waals surface area contributed by atoms with Crippen LogP contribution in [0.15, 0.2) is 29.2 Å². The number of benzene rings is 1. The molecule has 2 N–H and O–H groups in total. The fraction of sp³-hybridized carbons (Fsp3) is 0.500. The van der Waals surface area contributed by atoms with Crippen molar-refractivity contribution >= 4 is 26.5 Å². The maximum Gasteiger partial charge on any atom is 0.242 e. The lowest BCUT2D eigenvalue weighted by Gasteiger charge is -2.17. The Kier molecular flexibility index (Phi) is 5.96. The molecule has 5 nitrogen and oxygen atoms in total. The molecule has 0 spiro atoms. The molecular weight excluding hydrogens is 284 g/mol. The molecule has 0 radical (unpaired) electrons. The van der Waals surface area contributed by atoms with Gasteiger partial charge in [0.1, 0.15) is 4.90 Å². The van der Waals surface area contributed by atoms with E-state index in [1.54, 1.807) is 37.4 Å². The van der Waals surface area contributed by atoms with Gasteiger partial charge in [0.2, 0.25) is 10.0 Å². The van der Waals surface area contributed by atoms with Crippen molar-refractivity contribution < 1.29 is 12.6 Å². The SMILES string of the molecule is CCNS(=O)(=O)c1ccccc1NC(C)CS(C)=O. The predicted octanol–water partition coefficient (Wildman–Crippen LogP) is 1.16. The lowest BCUT2D eigenvalue weighted by Crippen LogP contribution is -2.27. The maximum atomic E-state index is 12.0. The van der Waals surface area contributed by atoms with Crippen LogP contribution in [0.1, 0.15) is 13.8 Å². The highest BCUT2D eigenvalue weighted by atomic mass is 32.2. The average Bonchev–Trinajstić information content (AvgIpc) is 2.28. The van der Waals surface area contributed by atoms with Crippen LogP contribution in [0.2, 0.25) is 0 Å².